The number of hydrogen-bond acceptors (Lipinski definition) is 5. The lowest BCUT2D eigenvalue weighted by atomic mass is 10.2. The fourth-order valence-corrected chi connectivity index (χ4v) is 2.04. The van der Waals surface area contributed by atoms with Crippen LogP contribution in [0.5, 0.6) is 0 Å². The second kappa shape index (κ2) is 4.67. The van der Waals surface area contributed by atoms with Crippen molar-refractivity contribution in [2.24, 2.45) is 0 Å². The van der Waals surface area contributed by atoms with Crippen LogP contribution in [0.4, 0.5) is 11.5 Å². The highest BCUT2D eigenvalue weighted by Crippen LogP contribution is 2.21. The predicted molar refractivity (Wildman–Crippen MR) is 65.3 cm³/mol. The number of nitro groups is 1. The van der Waals surface area contributed by atoms with Crippen LogP contribution in [0.1, 0.15) is 12.5 Å². The topological polar surface area (TPSA) is 71.3 Å². The normalized spacial score (nSPS) is 20.4. The maximum absolute atomic E-state index is 10.7. The van der Waals surface area contributed by atoms with Gasteiger partial charge in [-0.15, -0.1) is 0 Å². The summed E-state index contributed by atoms with van der Waals surface area (Å²) in [4.78, 5) is 16.6. The molecule has 0 amide bonds. The Kier molecular flexibility index (Phi) is 3.23. The van der Waals surface area contributed by atoms with Gasteiger partial charge in [-0.2, -0.15) is 0 Å². The zero-order chi connectivity index (χ0) is 12.4. The van der Waals surface area contributed by atoms with Gasteiger partial charge in [0.05, 0.1) is 4.92 Å². The van der Waals surface area contributed by atoms with E-state index in [1.807, 2.05) is 0 Å². The number of aromatic nitrogens is 1. The smallest absolute Gasteiger partial charge is 0.290 e. The van der Waals surface area contributed by atoms with Gasteiger partial charge >= 0.3 is 0 Å². The summed E-state index contributed by atoms with van der Waals surface area (Å²) in [6.45, 7) is 6.54. The Bertz CT molecular complexity index is 435. The van der Waals surface area contributed by atoms with E-state index in [4.69, 9.17) is 0 Å². The molecule has 92 valence electrons. The lowest BCUT2D eigenvalue weighted by Gasteiger charge is -2.32. The van der Waals surface area contributed by atoms with E-state index < -0.39 is 4.92 Å². The number of anilines is 1. The first-order valence-electron chi connectivity index (χ1n) is 5.67. The van der Waals surface area contributed by atoms with Gasteiger partial charge in [-0.25, -0.2) is 4.98 Å². The van der Waals surface area contributed by atoms with E-state index in [2.05, 4.69) is 22.1 Å². The van der Waals surface area contributed by atoms with Crippen molar-refractivity contribution in [2.75, 3.05) is 24.5 Å². The highest BCUT2D eigenvalue weighted by atomic mass is 16.6. The highest BCUT2D eigenvalue weighted by molar-refractivity contribution is 5.49. The van der Waals surface area contributed by atoms with Gasteiger partial charge in [0.2, 0.25) is 0 Å². The van der Waals surface area contributed by atoms with E-state index in [0.717, 1.165) is 25.5 Å². The zero-order valence-corrected chi connectivity index (χ0v) is 10.0. The molecule has 2 rings (SSSR count). The van der Waals surface area contributed by atoms with Crippen molar-refractivity contribution in [3.8, 4) is 0 Å². The Hall–Kier alpha value is -1.69. The Morgan fingerprint density at radius 2 is 2.41 bits per heavy atom. The molecular weight excluding hydrogens is 220 g/mol. The zero-order valence-electron chi connectivity index (χ0n) is 10.0. The average Bonchev–Trinajstić information content (AvgIpc) is 2.28. The van der Waals surface area contributed by atoms with Crippen molar-refractivity contribution >= 4 is 11.5 Å². The van der Waals surface area contributed by atoms with Gasteiger partial charge in [0, 0.05) is 31.2 Å². The van der Waals surface area contributed by atoms with E-state index in [1.165, 1.54) is 6.20 Å². The maximum atomic E-state index is 10.7. The lowest BCUT2D eigenvalue weighted by Crippen LogP contribution is -2.49. The van der Waals surface area contributed by atoms with Crippen molar-refractivity contribution in [3.05, 3.63) is 27.9 Å². The molecule has 0 radical (unpaired) electrons. The minimum atomic E-state index is -0.396. The summed E-state index contributed by atoms with van der Waals surface area (Å²) in [7, 11) is 0. The molecule has 1 aromatic rings. The van der Waals surface area contributed by atoms with Crippen LogP contribution < -0.4 is 10.2 Å². The van der Waals surface area contributed by atoms with Gasteiger partial charge in [-0.1, -0.05) is 0 Å². The minimum Gasteiger partial charge on any atom is -0.354 e. The average molecular weight is 236 g/mol. The van der Waals surface area contributed by atoms with Crippen LogP contribution >= 0.6 is 0 Å². The third-order valence-corrected chi connectivity index (χ3v) is 2.96. The molecule has 0 saturated carbocycles. The Labute approximate surface area is 99.8 Å². The summed E-state index contributed by atoms with van der Waals surface area (Å²) in [5, 5.41) is 14.1. The first-order chi connectivity index (χ1) is 8.08. The van der Waals surface area contributed by atoms with Crippen molar-refractivity contribution in [2.45, 2.75) is 19.9 Å². The number of aryl methyl sites for hydroxylation is 1. The number of nitrogens with one attached hydrogen (secondary N) is 1. The van der Waals surface area contributed by atoms with Crippen LogP contribution in [0.3, 0.4) is 0 Å². The van der Waals surface area contributed by atoms with Crippen LogP contribution in [0.2, 0.25) is 0 Å². The number of pyridine rings is 1. The summed E-state index contributed by atoms with van der Waals surface area (Å²) in [5.74, 6) is 0.821. The molecule has 1 aliphatic rings. The minimum absolute atomic E-state index is 0.0805. The largest absolute Gasteiger partial charge is 0.354 e. The number of hydrogen-bond donors (Lipinski definition) is 1. The molecule has 1 atom stereocenters. The third kappa shape index (κ3) is 2.52. The standard InChI is InChI=1S/C11H16N4O2/c1-8-5-11(13-6-10(8)15(16)17)14-4-3-12-9(2)7-14/h5-6,9,12H,3-4,7H2,1-2H3/t9-/m0/s1. The van der Waals surface area contributed by atoms with E-state index >= 15 is 0 Å². The number of piperazine rings is 1. The summed E-state index contributed by atoms with van der Waals surface area (Å²) in [6, 6.07) is 2.21. The maximum Gasteiger partial charge on any atom is 0.290 e. The fraction of sp³-hybridized carbons (Fsp3) is 0.545. The Balaban J connectivity index is 2.22. The van der Waals surface area contributed by atoms with Crippen molar-refractivity contribution in [1.82, 2.24) is 10.3 Å². The molecule has 0 bridgehead atoms. The Morgan fingerprint density at radius 3 is 3.00 bits per heavy atom. The van der Waals surface area contributed by atoms with Gasteiger partial charge in [-0.3, -0.25) is 10.1 Å². The quantitative estimate of drug-likeness (QED) is 0.615. The molecule has 1 aliphatic heterocycles. The molecule has 1 saturated heterocycles. The van der Waals surface area contributed by atoms with Crippen LogP contribution in [-0.4, -0.2) is 35.6 Å². The molecule has 17 heavy (non-hydrogen) atoms. The Morgan fingerprint density at radius 1 is 1.65 bits per heavy atom. The van der Waals surface area contributed by atoms with E-state index in [1.54, 1.807) is 13.0 Å². The van der Waals surface area contributed by atoms with Crippen molar-refractivity contribution < 1.29 is 4.92 Å². The van der Waals surface area contributed by atoms with Crippen LogP contribution in [0.25, 0.3) is 0 Å². The van der Waals surface area contributed by atoms with Gasteiger partial charge in [0.1, 0.15) is 12.0 Å². The third-order valence-electron chi connectivity index (χ3n) is 2.96. The SMILES string of the molecule is Cc1cc(N2CCN[C@@H](C)C2)ncc1[N+](=O)[O-]. The van der Waals surface area contributed by atoms with Gasteiger partial charge in [-0.05, 0) is 19.9 Å². The lowest BCUT2D eigenvalue weighted by molar-refractivity contribution is -0.385. The number of nitrogens with zero attached hydrogens (tertiary/aromatic N) is 3. The first-order valence-corrected chi connectivity index (χ1v) is 5.67. The second-order valence-corrected chi connectivity index (χ2v) is 4.39. The molecule has 1 aromatic heterocycles. The highest BCUT2D eigenvalue weighted by Gasteiger charge is 2.19. The summed E-state index contributed by atoms with van der Waals surface area (Å²) < 4.78 is 0. The molecule has 0 aliphatic carbocycles. The predicted octanol–water partition coefficient (Wildman–Crippen LogP) is 1.10. The molecule has 0 spiro atoms. The molecule has 1 fully saturated rings. The van der Waals surface area contributed by atoms with Crippen LogP contribution in [0, 0.1) is 17.0 Å². The molecule has 2 heterocycles. The fourth-order valence-electron chi connectivity index (χ4n) is 2.04. The molecule has 0 aromatic carbocycles. The summed E-state index contributed by atoms with van der Waals surface area (Å²) in [5.41, 5.74) is 0.739. The first kappa shape index (κ1) is 11.8. The van der Waals surface area contributed by atoms with Crippen LogP contribution in [-0.2, 0) is 0 Å². The number of rotatable bonds is 2. The van der Waals surface area contributed by atoms with Gasteiger partial charge < -0.3 is 10.2 Å². The summed E-state index contributed by atoms with van der Waals surface area (Å²) in [6.07, 6.45) is 1.34. The van der Waals surface area contributed by atoms with E-state index in [9.17, 15) is 10.1 Å². The molecule has 6 heteroatoms. The van der Waals surface area contributed by atoms with Crippen molar-refractivity contribution in [1.29, 1.82) is 0 Å². The molecule has 1 N–H and O–H groups in total. The molecule has 0 unspecified atom stereocenters. The van der Waals surface area contributed by atoms with E-state index in [-0.39, 0.29) is 5.69 Å². The van der Waals surface area contributed by atoms with Crippen LogP contribution in [0.15, 0.2) is 12.3 Å². The van der Waals surface area contributed by atoms with E-state index in [0.29, 0.717) is 11.6 Å². The van der Waals surface area contributed by atoms with Gasteiger partial charge in [0.15, 0.2) is 0 Å². The summed E-state index contributed by atoms with van der Waals surface area (Å²) >= 11 is 0. The molecular formula is C11H16N4O2. The second-order valence-electron chi connectivity index (χ2n) is 4.39. The van der Waals surface area contributed by atoms with Gasteiger partial charge in [0.25, 0.3) is 5.69 Å². The monoisotopic (exact) mass is 236 g/mol. The molecule has 6 nitrogen and oxygen atoms in total. The van der Waals surface area contributed by atoms with Crippen molar-refractivity contribution in [3.63, 3.8) is 0 Å².